The molecule has 5 aromatic rings. The van der Waals surface area contributed by atoms with Crippen LogP contribution >= 0.6 is 0 Å². The minimum Gasteiger partial charge on any atom is -0.382 e. The van der Waals surface area contributed by atoms with E-state index in [9.17, 15) is 28.8 Å². The third-order valence-corrected chi connectivity index (χ3v) is 10.7. The van der Waals surface area contributed by atoms with E-state index < -0.39 is 29.7 Å². The lowest BCUT2D eigenvalue weighted by molar-refractivity contribution is -0.136. The van der Waals surface area contributed by atoms with Crippen LogP contribution in [0.25, 0.3) is 16.8 Å². The molecule has 6 heterocycles. The Hall–Kier alpha value is -7.05. The Morgan fingerprint density at radius 1 is 0.867 bits per heavy atom. The highest BCUT2D eigenvalue weighted by atomic mass is 16.5. The van der Waals surface area contributed by atoms with Gasteiger partial charge in [0.2, 0.25) is 17.7 Å². The monoisotopic (exact) mass is 814 g/mol. The number of nitrogens with one attached hydrogen (secondary N) is 3. The van der Waals surface area contributed by atoms with Crippen LogP contribution in [0.5, 0.6) is 0 Å². The summed E-state index contributed by atoms with van der Waals surface area (Å²) >= 11 is 0. The molecule has 60 heavy (non-hydrogen) atoms. The van der Waals surface area contributed by atoms with Crippen molar-refractivity contribution in [2.45, 2.75) is 44.2 Å². The van der Waals surface area contributed by atoms with Crippen LogP contribution < -0.4 is 21.7 Å². The molecule has 8 rings (SSSR count). The zero-order chi connectivity index (χ0) is 41.8. The average molecular weight is 815 g/mol. The number of benzene rings is 2. The van der Waals surface area contributed by atoms with Crippen molar-refractivity contribution in [1.29, 1.82) is 0 Å². The number of nitrogens with two attached hydrogens (primary N) is 1. The second-order valence-corrected chi connectivity index (χ2v) is 14.4. The number of fused-ring (bicyclic) bond motifs is 2. The summed E-state index contributed by atoms with van der Waals surface area (Å²) in [4.78, 5) is 93.0. The van der Waals surface area contributed by atoms with Gasteiger partial charge in [0.15, 0.2) is 0 Å². The van der Waals surface area contributed by atoms with E-state index in [1.54, 1.807) is 73.2 Å². The van der Waals surface area contributed by atoms with Crippen LogP contribution in [0.3, 0.4) is 0 Å². The number of nitrogen functional groups attached to an aromatic ring is 1. The average Bonchev–Trinajstić information content (AvgIpc) is 3.96. The number of amides is 6. The molecule has 1 unspecified atom stereocenters. The number of pyridine rings is 1. The van der Waals surface area contributed by atoms with Gasteiger partial charge in [0.1, 0.15) is 34.7 Å². The van der Waals surface area contributed by atoms with E-state index in [4.69, 9.17) is 20.2 Å². The highest BCUT2D eigenvalue weighted by molar-refractivity contribution is 6.25. The van der Waals surface area contributed by atoms with Gasteiger partial charge in [0.25, 0.3) is 17.7 Å². The molecule has 0 bridgehead atoms. The van der Waals surface area contributed by atoms with E-state index in [0.717, 1.165) is 23.3 Å². The van der Waals surface area contributed by atoms with Crippen LogP contribution in [0.2, 0.25) is 0 Å². The van der Waals surface area contributed by atoms with Gasteiger partial charge < -0.3 is 30.7 Å². The van der Waals surface area contributed by atoms with Gasteiger partial charge in [-0.3, -0.25) is 43.4 Å². The molecule has 2 fully saturated rings. The third-order valence-electron chi connectivity index (χ3n) is 10.7. The summed E-state index contributed by atoms with van der Waals surface area (Å²) in [6.45, 7) is 1.89. The highest BCUT2D eigenvalue weighted by Gasteiger charge is 2.45. The number of ether oxygens (including phenoxy) is 2. The Morgan fingerprint density at radius 3 is 2.47 bits per heavy atom. The number of carbonyl (C=O) groups excluding carboxylic acids is 6. The number of likely N-dealkylation sites (tertiary alicyclic amines) is 1. The van der Waals surface area contributed by atoms with E-state index in [2.05, 4.69) is 25.9 Å². The number of nitrogens with zero attached hydrogens (tertiary/aromatic N) is 6. The number of hydrogen-bond acceptors (Lipinski definition) is 13. The summed E-state index contributed by atoms with van der Waals surface area (Å²) in [6, 6.07) is 15.8. The molecule has 3 aliphatic rings. The van der Waals surface area contributed by atoms with Gasteiger partial charge in [-0.2, -0.15) is 0 Å². The van der Waals surface area contributed by atoms with Gasteiger partial charge in [0, 0.05) is 54.9 Å². The number of imide groups is 2. The topological polar surface area (TPSA) is 233 Å². The van der Waals surface area contributed by atoms with Crippen molar-refractivity contribution in [3.8, 4) is 11.3 Å². The van der Waals surface area contributed by atoms with Gasteiger partial charge in [0.05, 0.1) is 50.0 Å². The second kappa shape index (κ2) is 17.4. The van der Waals surface area contributed by atoms with Gasteiger partial charge in [-0.1, -0.05) is 24.3 Å². The van der Waals surface area contributed by atoms with Crippen LogP contribution in [-0.2, 0) is 23.9 Å². The molecular formula is C42H42N10O8. The van der Waals surface area contributed by atoms with Crippen molar-refractivity contribution >= 4 is 58.3 Å². The lowest BCUT2D eigenvalue weighted by Gasteiger charge is -2.27. The molecule has 5 N–H and O–H groups in total. The third kappa shape index (κ3) is 8.01. The Morgan fingerprint density at radius 2 is 1.68 bits per heavy atom. The molecule has 2 saturated heterocycles. The van der Waals surface area contributed by atoms with Crippen molar-refractivity contribution in [2.24, 2.45) is 0 Å². The molecule has 2 atom stereocenters. The molecular weight excluding hydrogens is 773 g/mol. The van der Waals surface area contributed by atoms with Crippen molar-refractivity contribution in [1.82, 2.24) is 34.5 Å². The summed E-state index contributed by atoms with van der Waals surface area (Å²) in [5, 5.41) is 8.12. The quantitative estimate of drug-likeness (QED) is 0.0880. The Labute approximate surface area is 343 Å². The molecule has 2 aromatic carbocycles. The zero-order valence-electron chi connectivity index (χ0n) is 32.5. The minimum absolute atomic E-state index is 0.0433. The summed E-state index contributed by atoms with van der Waals surface area (Å²) in [6.07, 6.45) is 6.81. The van der Waals surface area contributed by atoms with E-state index in [1.165, 1.54) is 6.07 Å². The summed E-state index contributed by atoms with van der Waals surface area (Å²) in [5.74, 6) is -1.21. The lowest BCUT2D eigenvalue weighted by atomic mass is 10.0. The predicted molar refractivity (Wildman–Crippen MR) is 217 cm³/mol. The summed E-state index contributed by atoms with van der Waals surface area (Å²) in [7, 11) is 0. The normalized spacial score (nSPS) is 17.6. The molecule has 3 aliphatic heterocycles. The highest BCUT2D eigenvalue weighted by Crippen LogP contribution is 2.37. The number of carbonyl (C=O) groups is 6. The van der Waals surface area contributed by atoms with E-state index in [-0.39, 0.29) is 74.7 Å². The Balaban J connectivity index is 0.809. The number of anilines is 3. The van der Waals surface area contributed by atoms with Crippen molar-refractivity contribution in [2.75, 3.05) is 55.9 Å². The Bertz CT molecular complexity index is 2470. The van der Waals surface area contributed by atoms with Gasteiger partial charge in [-0.15, -0.1) is 0 Å². The zero-order valence-corrected chi connectivity index (χ0v) is 32.5. The van der Waals surface area contributed by atoms with E-state index in [1.807, 2.05) is 9.30 Å². The van der Waals surface area contributed by atoms with Gasteiger partial charge in [-0.05, 0) is 55.7 Å². The maximum absolute atomic E-state index is 13.5. The number of rotatable bonds is 15. The molecule has 3 aromatic heterocycles. The van der Waals surface area contributed by atoms with Crippen LogP contribution in [-0.4, -0.2) is 110 Å². The maximum Gasteiger partial charge on any atom is 0.264 e. The first kappa shape index (κ1) is 39.8. The van der Waals surface area contributed by atoms with E-state index in [0.29, 0.717) is 53.0 Å². The predicted octanol–water partition coefficient (Wildman–Crippen LogP) is 3.23. The molecule has 18 nitrogen and oxygen atoms in total. The first-order valence-corrected chi connectivity index (χ1v) is 19.7. The van der Waals surface area contributed by atoms with E-state index >= 15 is 0 Å². The fraction of sp³-hybridized carbons (Fsp3) is 0.310. The minimum atomic E-state index is -1.04. The maximum atomic E-state index is 13.5. The summed E-state index contributed by atoms with van der Waals surface area (Å²) < 4.78 is 13.3. The van der Waals surface area contributed by atoms with Crippen LogP contribution in [0.15, 0.2) is 79.3 Å². The van der Waals surface area contributed by atoms with Crippen molar-refractivity contribution in [3.63, 3.8) is 0 Å². The summed E-state index contributed by atoms with van der Waals surface area (Å²) in [5.41, 5.74) is 9.60. The molecule has 0 aliphatic carbocycles. The largest absolute Gasteiger partial charge is 0.382 e. The fourth-order valence-electron chi connectivity index (χ4n) is 7.81. The smallest absolute Gasteiger partial charge is 0.264 e. The molecule has 308 valence electrons. The number of hydrogen-bond donors (Lipinski definition) is 4. The molecule has 18 heteroatoms. The Kier molecular flexibility index (Phi) is 11.6. The van der Waals surface area contributed by atoms with Crippen LogP contribution in [0.1, 0.15) is 75.0 Å². The fourth-order valence-corrected chi connectivity index (χ4v) is 7.81. The standard InChI is InChI=1S/C42H42N10O8/c43-37-36-35(25-9-11-26(12-10-25)39(55)47-31-8-1-2-16-45-31)49-38(51(36)20-17-46-37)29-7-4-19-50(29)33(54)15-21-59-23-24-60-22-18-44-28-6-3-5-27-34(28)42(58)52(41(27)57)30-13-14-32(53)48-40(30)56/h1-3,5-6,8-12,16-17,20,29-30,44H,4,7,13-15,18-19,21-24H2,(H2,43,46)(H,45,47,55)(H,48,53,56)/t29-,30?/m0/s1. The van der Waals surface area contributed by atoms with Crippen molar-refractivity contribution < 1.29 is 38.2 Å². The first-order valence-electron chi connectivity index (χ1n) is 19.7. The first-order chi connectivity index (χ1) is 29.2. The molecule has 0 radical (unpaired) electrons. The number of piperidine rings is 1. The SMILES string of the molecule is Nc1nccn2c([C@@H]3CCCN3C(=O)CCOCCOCCNc3cccc4c3C(=O)N(C3CCC(=O)NC3=O)C4=O)nc(-c3ccc(C(=O)Nc4ccccn4)cc3)c12. The van der Waals surface area contributed by atoms with Crippen molar-refractivity contribution in [3.05, 3.63) is 102 Å². The molecule has 6 amide bonds. The van der Waals surface area contributed by atoms with Crippen LogP contribution in [0, 0.1) is 0 Å². The van der Waals surface area contributed by atoms with Crippen LogP contribution in [0.4, 0.5) is 17.3 Å². The lowest BCUT2D eigenvalue weighted by Crippen LogP contribution is -2.54. The number of imidazole rings is 1. The molecule has 0 saturated carbocycles. The second-order valence-electron chi connectivity index (χ2n) is 14.4. The molecule has 0 spiro atoms. The van der Waals surface area contributed by atoms with Gasteiger partial charge >= 0.3 is 0 Å². The van der Waals surface area contributed by atoms with Gasteiger partial charge in [-0.25, -0.2) is 15.0 Å². The number of aromatic nitrogens is 4.